The zero-order valence-electron chi connectivity index (χ0n) is 12.5. The van der Waals surface area contributed by atoms with E-state index in [0.29, 0.717) is 17.0 Å². The smallest absolute Gasteiger partial charge is 0.344 e. The summed E-state index contributed by atoms with van der Waals surface area (Å²) in [4.78, 5) is 25.5. The van der Waals surface area contributed by atoms with Gasteiger partial charge in [-0.3, -0.25) is 4.79 Å². The van der Waals surface area contributed by atoms with Gasteiger partial charge in [0.15, 0.2) is 5.41 Å². The first-order valence-electron chi connectivity index (χ1n) is 7.14. The van der Waals surface area contributed by atoms with E-state index in [0.717, 1.165) is 0 Å². The Kier molecular flexibility index (Phi) is 2.63. The van der Waals surface area contributed by atoms with Crippen LogP contribution in [0.5, 0.6) is 5.75 Å². The van der Waals surface area contributed by atoms with Crippen LogP contribution in [0.2, 0.25) is 0 Å². The molecular formula is C17H11N3O4. The molecule has 1 aromatic carbocycles. The first-order valence-corrected chi connectivity index (χ1v) is 7.14. The Bertz CT molecular complexity index is 1040. The summed E-state index contributed by atoms with van der Waals surface area (Å²) in [5.74, 6) is -0.313. The number of para-hydroxylation sites is 1. The molecule has 0 unspecified atom stereocenters. The number of nitrogens with zero attached hydrogens (tertiary/aromatic N) is 1. The first-order chi connectivity index (χ1) is 11.5. The number of hydrogen-bond donors (Lipinski definition) is 2. The number of anilines is 1. The number of nitrogens with one attached hydrogen (secondary N) is 1. The first kappa shape index (κ1) is 14.1. The third kappa shape index (κ3) is 1.49. The van der Waals surface area contributed by atoms with Gasteiger partial charge < -0.3 is 20.2 Å². The normalized spacial score (nSPS) is 20.9. The van der Waals surface area contributed by atoms with Gasteiger partial charge in [-0.05, 0) is 13.0 Å². The molecule has 0 fully saturated rings. The number of amides is 1. The Labute approximate surface area is 136 Å². The van der Waals surface area contributed by atoms with E-state index in [1.54, 1.807) is 31.2 Å². The number of benzene rings is 1. The van der Waals surface area contributed by atoms with Crippen LogP contribution in [0.15, 0.2) is 51.0 Å². The minimum absolute atomic E-state index is 0.0405. The van der Waals surface area contributed by atoms with Crippen molar-refractivity contribution in [3.05, 3.63) is 69.1 Å². The lowest BCUT2D eigenvalue weighted by Crippen LogP contribution is -2.45. The lowest BCUT2D eigenvalue weighted by atomic mass is 9.69. The van der Waals surface area contributed by atoms with Gasteiger partial charge in [-0.15, -0.1) is 0 Å². The van der Waals surface area contributed by atoms with Gasteiger partial charge in [0.25, 0.3) is 0 Å². The van der Waals surface area contributed by atoms with Gasteiger partial charge in [0, 0.05) is 17.3 Å². The van der Waals surface area contributed by atoms with Crippen LogP contribution in [0.3, 0.4) is 0 Å². The summed E-state index contributed by atoms with van der Waals surface area (Å²) in [6.45, 7) is 1.58. The van der Waals surface area contributed by atoms with E-state index in [1.165, 1.54) is 6.07 Å². The highest BCUT2D eigenvalue weighted by Crippen LogP contribution is 2.51. The Morgan fingerprint density at radius 3 is 2.79 bits per heavy atom. The van der Waals surface area contributed by atoms with Crippen molar-refractivity contribution in [1.82, 2.24) is 0 Å². The highest BCUT2D eigenvalue weighted by atomic mass is 16.5. The number of ether oxygens (including phenoxy) is 1. The van der Waals surface area contributed by atoms with Gasteiger partial charge in [0.1, 0.15) is 28.7 Å². The largest absolute Gasteiger partial charge is 0.440 e. The maximum absolute atomic E-state index is 12.9. The fourth-order valence-electron chi connectivity index (χ4n) is 3.37. The number of carbonyl (C=O) groups excluding carboxylic acids is 1. The number of fused-ring (bicyclic) bond motifs is 4. The lowest BCUT2D eigenvalue weighted by Gasteiger charge is -2.32. The molecule has 2 aliphatic rings. The molecule has 7 heteroatoms. The third-order valence-electron chi connectivity index (χ3n) is 4.29. The summed E-state index contributed by atoms with van der Waals surface area (Å²) in [6, 6.07) is 10.2. The minimum Gasteiger partial charge on any atom is -0.440 e. The van der Waals surface area contributed by atoms with Crippen LogP contribution in [-0.4, -0.2) is 5.91 Å². The number of nitriles is 1. The molecule has 1 aromatic heterocycles. The van der Waals surface area contributed by atoms with Gasteiger partial charge in [-0.1, -0.05) is 18.2 Å². The third-order valence-corrected chi connectivity index (χ3v) is 4.29. The van der Waals surface area contributed by atoms with Crippen molar-refractivity contribution in [3.63, 3.8) is 0 Å². The van der Waals surface area contributed by atoms with Crippen LogP contribution >= 0.6 is 0 Å². The number of carbonyl (C=O) groups is 1. The molecule has 1 amide bonds. The SMILES string of the molecule is Cc1cc2c(c(=O)o1)[C@]1(C(=O)Nc3ccccc31)C(C#N)=C(N)O2. The Morgan fingerprint density at radius 2 is 2.04 bits per heavy atom. The van der Waals surface area contributed by atoms with Crippen LogP contribution < -0.4 is 21.4 Å². The second kappa shape index (κ2) is 4.49. The van der Waals surface area contributed by atoms with E-state index in [1.807, 2.05) is 6.07 Å². The van der Waals surface area contributed by atoms with E-state index in [-0.39, 0.29) is 22.8 Å². The average molecular weight is 321 g/mol. The molecule has 2 aliphatic heterocycles. The number of hydrogen-bond acceptors (Lipinski definition) is 6. The standard InChI is InChI=1S/C17H11N3O4/c1-8-6-12-13(15(21)23-8)17(10(7-18)14(19)24-12)9-4-2-3-5-11(9)20-16(17)22/h2-6H,19H2,1H3,(H,20,22)/t17-/m1/s1. The van der Waals surface area contributed by atoms with Gasteiger partial charge in [-0.25, -0.2) is 4.79 Å². The molecule has 0 saturated heterocycles. The number of nitrogens with two attached hydrogens (primary N) is 1. The molecule has 1 atom stereocenters. The fourth-order valence-corrected chi connectivity index (χ4v) is 3.37. The minimum atomic E-state index is -1.67. The van der Waals surface area contributed by atoms with E-state index < -0.39 is 16.9 Å². The number of aryl methyl sites for hydroxylation is 1. The second-order valence-corrected chi connectivity index (χ2v) is 5.59. The summed E-state index contributed by atoms with van der Waals surface area (Å²) in [7, 11) is 0. The van der Waals surface area contributed by atoms with Crippen molar-refractivity contribution in [3.8, 4) is 11.8 Å². The number of rotatable bonds is 0. The van der Waals surface area contributed by atoms with Crippen molar-refractivity contribution >= 4 is 11.6 Å². The molecule has 0 radical (unpaired) electrons. The summed E-state index contributed by atoms with van der Waals surface area (Å²) < 4.78 is 10.6. The van der Waals surface area contributed by atoms with Gasteiger partial charge >= 0.3 is 5.63 Å². The molecule has 2 aromatic rings. The molecule has 7 nitrogen and oxygen atoms in total. The fraction of sp³-hybridized carbons (Fsp3) is 0.118. The summed E-state index contributed by atoms with van der Waals surface area (Å²) in [5.41, 5.74) is 4.30. The van der Waals surface area contributed by atoms with Crippen LogP contribution in [-0.2, 0) is 10.2 Å². The molecule has 24 heavy (non-hydrogen) atoms. The van der Waals surface area contributed by atoms with Gasteiger partial charge in [0.2, 0.25) is 11.8 Å². The van der Waals surface area contributed by atoms with Crippen molar-refractivity contribution in [1.29, 1.82) is 5.26 Å². The molecule has 0 saturated carbocycles. The molecule has 0 aliphatic carbocycles. The average Bonchev–Trinajstić information content (AvgIpc) is 2.80. The summed E-state index contributed by atoms with van der Waals surface area (Å²) in [5, 5.41) is 12.3. The van der Waals surface area contributed by atoms with Crippen molar-refractivity contribution < 1.29 is 13.9 Å². The molecule has 1 spiro atoms. The predicted molar refractivity (Wildman–Crippen MR) is 83.0 cm³/mol. The van der Waals surface area contributed by atoms with Gasteiger partial charge in [0.05, 0.1) is 0 Å². The van der Waals surface area contributed by atoms with Crippen LogP contribution in [0.4, 0.5) is 5.69 Å². The van der Waals surface area contributed by atoms with Gasteiger partial charge in [-0.2, -0.15) is 5.26 Å². The van der Waals surface area contributed by atoms with Crippen LogP contribution in [0.25, 0.3) is 0 Å². The summed E-state index contributed by atoms with van der Waals surface area (Å²) in [6.07, 6.45) is 0. The predicted octanol–water partition coefficient (Wildman–Crippen LogP) is 1.27. The van der Waals surface area contributed by atoms with Crippen LogP contribution in [0, 0.1) is 18.3 Å². The van der Waals surface area contributed by atoms with Crippen LogP contribution in [0.1, 0.15) is 16.9 Å². The monoisotopic (exact) mass is 321 g/mol. The topological polar surface area (TPSA) is 118 Å². The Morgan fingerprint density at radius 1 is 1.29 bits per heavy atom. The second-order valence-electron chi connectivity index (χ2n) is 5.59. The highest BCUT2D eigenvalue weighted by Gasteiger charge is 2.58. The summed E-state index contributed by atoms with van der Waals surface area (Å²) >= 11 is 0. The van der Waals surface area contributed by atoms with E-state index in [2.05, 4.69) is 5.32 Å². The Balaban J connectivity index is 2.22. The van der Waals surface area contributed by atoms with E-state index in [4.69, 9.17) is 14.9 Å². The van der Waals surface area contributed by atoms with Crippen molar-refractivity contribution in [2.24, 2.45) is 5.73 Å². The molecule has 4 rings (SSSR count). The maximum atomic E-state index is 12.9. The highest BCUT2D eigenvalue weighted by molar-refractivity contribution is 6.12. The van der Waals surface area contributed by atoms with E-state index >= 15 is 0 Å². The van der Waals surface area contributed by atoms with Crippen molar-refractivity contribution in [2.45, 2.75) is 12.3 Å². The molecule has 3 N–H and O–H groups in total. The lowest BCUT2D eigenvalue weighted by molar-refractivity contribution is -0.118. The molecule has 0 bridgehead atoms. The zero-order chi connectivity index (χ0) is 17.1. The Hall–Kier alpha value is -3.53. The quantitative estimate of drug-likeness (QED) is 0.754. The maximum Gasteiger partial charge on any atom is 0.344 e. The molecule has 3 heterocycles. The zero-order valence-corrected chi connectivity index (χ0v) is 12.5. The molecular weight excluding hydrogens is 310 g/mol. The van der Waals surface area contributed by atoms with E-state index in [9.17, 15) is 14.9 Å². The molecule has 118 valence electrons. The van der Waals surface area contributed by atoms with Crippen molar-refractivity contribution in [2.75, 3.05) is 5.32 Å².